The summed E-state index contributed by atoms with van der Waals surface area (Å²) in [5.41, 5.74) is 3.67. The Morgan fingerprint density at radius 1 is 1.06 bits per heavy atom. The Hall–Kier alpha value is -3.00. The highest BCUT2D eigenvalue weighted by Gasteiger charge is 2.35. The number of nitrogens with one attached hydrogen (secondary N) is 1. The van der Waals surface area contributed by atoms with E-state index in [9.17, 15) is 4.79 Å². The lowest BCUT2D eigenvalue weighted by molar-refractivity contribution is -0.242. The van der Waals surface area contributed by atoms with E-state index in [1.165, 1.54) is 0 Å². The summed E-state index contributed by atoms with van der Waals surface area (Å²) in [7, 11) is 0. The highest BCUT2D eigenvalue weighted by molar-refractivity contribution is 5.78. The van der Waals surface area contributed by atoms with Crippen molar-refractivity contribution in [2.45, 2.75) is 26.1 Å². The Morgan fingerprint density at radius 2 is 1.74 bits per heavy atom. The second-order valence-corrected chi connectivity index (χ2v) is 9.38. The van der Waals surface area contributed by atoms with Gasteiger partial charge in [-0.1, -0.05) is 67.6 Å². The molecule has 3 heterocycles. The molecule has 0 spiro atoms. The SMILES string of the molecule is C[C@]1(COCCN2CCCC2=O)CO[C@@H](c2nc(-c3ccccc3)c(-c3ccccc3)[nH]2)OC1. The Balaban J connectivity index is 1.23. The summed E-state index contributed by atoms with van der Waals surface area (Å²) in [6.45, 7) is 5.64. The van der Waals surface area contributed by atoms with Crippen molar-refractivity contribution < 1.29 is 19.0 Å². The van der Waals surface area contributed by atoms with Crippen LogP contribution in [0.5, 0.6) is 0 Å². The molecular formula is C27H31N3O4. The molecule has 0 bridgehead atoms. The third kappa shape index (κ3) is 5.06. The van der Waals surface area contributed by atoms with E-state index in [1.807, 2.05) is 41.3 Å². The van der Waals surface area contributed by atoms with Gasteiger partial charge in [-0.15, -0.1) is 0 Å². The molecule has 34 heavy (non-hydrogen) atoms. The summed E-state index contributed by atoms with van der Waals surface area (Å²) >= 11 is 0. The number of amides is 1. The summed E-state index contributed by atoms with van der Waals surface area (Å²) in [5, 5.41) is 0. The first-order valence-corrected chi connectivity index (χ1v) is 11.9. The number of aromatic nitrogens is 2. The van der Waals surface area contributed by atoms with Gasteiger partial charge in [0.05, 0.1) is 37.8 Å². The largest absolute Gasteiger partial charge is 0.379 e. The van der Waals surface area contributed by atoms with E-state index in [2.05, 4.69) is 36.2 Å². The number of ether oxygens (including phenoxy) is 3. The summed E-state index contributed by atoms with van der Waals surface area (Å²) < 4.78 is 18.1. The molecule has 0 unspecified atom stereocenters. The number of aromatic amines is 1. The third-order valence-corrected chi connectivity index (χ3v) is 6.35. The number of carbonyl (C=O) groups excluding carboxylic acids is 1. The van der Waals surface area contributed by atoms with Gasteiger partial charge in [0.2, 0.25) is 12.2 Å². The van der Waals surface area contributed by atoms with Crippen molar-refractivity contribution in [1.29, 1.82) is 0 Å². The molecule has 2 aromatic carbocycles. The maximum absolute atomic E-state index is 11.7. The van der Waals surface area contributed by atoms with Gasteiger partial charge in [0.15, 0.2) is 5.82 Å². The molecule has 7 nitrogen and oxygen atoms in total. The highest BCUT2D eigenvalue weighted by Crippen LogP contribution is 2.35. The van der Waals surface area contributed by atoms with Crippen molar-refractivity contribution in [2.75, 3.05) is 39.5 Å². The number of likely N-dealkylation sites (tertiary alicyclic amines) is 1. The van der Waals surface area contributed by atoms with E-state index in [-0.39, 0.29) is 11.3 Å². The molecule has 178 valence electrons. The zero-order valence-corrected chi connectivity index (χ0v) is 19.5. The Kier molecular flexibility index (Phi) is 6.76. The van der Waals surface area contributed by atoms with Gasteiger partial charge in [0, 0.05) is 36.1 Å². The van der Waals surface area contributed by atoms with Gasteiger partial charge in [0.25, 0.3) is 0 Å². The van der Waals surface area contributed by atoms with Gasteiger partial charge in [-0.2, -0.15) is 0 Å². The van der Waals surface area contributed by atoms with Gasteiger partial charge < -0.3 is 24.1 Å². The molecule has 7 heteroatoms. The van der Waals surface area contributed by atoms with Crippen LogP contribution in [0.25, 0.3) is 22.5 Å². The van der Waals surface area contributed by atoms with Gasteiger partial charge in [-0.05, 0) is 6.42 Å². The average Bonchev–Trinajstić information content (AvgIpc) is 3.50. The topological polar surface area (TPSA) is 76.7 Å². The van der Waals surface area contributed by atoms with Crippen molar-refractivity contribution in [3.63, 3.8) is 0 Å². The number of carbonyl (C=O) groups is 1. The monoisotopic (exact) mass is 461 g/mol. The highest BCUT2D eigenvalue weighted by atomic mass is 16.7. The lowest BCUT2D eigenvalue weighted by atomic mass is 9.93. The minimum atomic E-state index is -0.560. The van der Waals surface area contributed by atoms with Crippen LogP contribution in [-0.2, 0) is 19.0 Å². The second kappa shape index (κ2) is 10.1. The number of nitrogens with zero attached hydrogens (tertiary/aromatic N) is 2. The van der Waals surface area contributed by atoms with E-state index in [0.717, 1.165) is 35.5 Å². The van der Waals surface area contributed by atoms with E-state index < -0.39 is 6.29 Å². The minimum Gasteiger partial charge on any atom is -0.379 e. The molecule has 0 aliphatic carbocycles. The fraction of sp³-hybridized carbons (Fsp3) is 0.407. The molecule has 2 saturated heterocycles. The van der Waals surface area contributed by atoms with Gasteiger partial charge in [-0.25, -0.2) is 4.98 Å². The number of benzene rings is 2. The van der Waals surface area contributed by atoms with Crippen LogP contribution >= 0.6 is 0 Å². The standard InChI is InChI=1S/C27H31N3O4/c1-27(17-32-16-15-30-14-8-13-22(30)31)18-33-26(34-19-27)25-28-23(20-9-4-2-5-10-20)24(29-25)21-11-6-3-7-12-21/h2-7,9-12,26H,8,13-19H2,1H3,(H,28,29)/t26-,27+. The van der Waals surface area contributed by atoms with E-state index in [4.69, 9.17) is 19.2 Å². The molecule has 1 aromatic heterocycles. The quantitative estimate of drug-likeness (QED) is 0.502. The first-order chi connectivity index (χ1) is 16.6. The van der Waals surface area contributed by atoms with Crippen LogP contribution in [0, 0.1) is 5.41 Å². The average molecular weight is 462 g/mol. The first kappa shape index (κ1) is 22.8. The minimum absolute atomic E-state index is 0.227. The van der Waals surface area contributed by atoms with E-state index in [0.29, 0.717) is 45.2 Å². The zero-order chi connectivity index (χ0) is 23.4. The van der Waals surface area contributed by atoms with Crippen LogP contribution in [0.3, 0.4) is 0 Å². The second-order valence-electron chi connectivity index (χ2n) is 9.38. The molecule has 0 atom stereocenters. The van der Waals surface area contributed by atoms with Crippen molar-refractivity contribution in [3.8, 4) is 22.5 Å². The van der Waals surface area contributed by atoms with Crippen LogP contribution in [-0.4, -0.2) is 60.3 Å². The van der Waals surface area contributed by atoms with Crippen molar-refractivity contribution in [2.24, 2.45) is 5.41 Å². The van der Waals surface area contributed by atoms with Crippen molar-refractivity contribution in [3.05, 3.63) is 66.5 Å². The summed E-state index contributed by atoms with van der Waals surface area (Å²) in [6, 6.07) is 20.3. The first-order valence-electron chi connectivity index (χ1n) is 11.9. The summed E-state index contributed by atoms with van der Waals surface area (Å²) in [4.78, 5) is 21.9. The molecule has 0 saturated carbocycles. The van der Waals surface area contributed by atoms with Gasteiger partial charge in [-0.3, -0.25) is 4.79 Å². The van der Waals surface area contributed by atoms with Crippen LogP contribution < -0.4 is 0 Å². The Bertz CT molecular complexity index is 1030. The lowest BCUT2D eigenvalue weighted by Gasteiger charge is -2.36. The van der Waals surface area contributed by atoms with Crippen molar-refractivity contribution in [1.82, 2.24) is 14.9 Å². The normalized spacial score (nSPS) is 22.9. The number of H-pyrrole nitrogens is 1. The predicted molar refractivity (Wildman–Crippen MR) is 129 cm³/mol. The van der Waals surface area contributed by atoms with Gasteiger partial charge in [0.1, 0.15) is 0 Å². The number of hydrogen-bond acceptors (Lipinski definition) is 5. The molecule has 2 aliphatic rings. The number of hydrogen-bond donors (Lipinski definition) is 1. The van der Waals surface area contributed by atoms with E-state index in [1.54, 1.807) is 0 Å². The fourth-order valence-electron chi connectivity index (χ4n) is 4.44. The molecule has 1 N–H and O–H groups in total. The van der Waals surface area contributed by atoms with Crippen LogP contribution in [0.1, 0.15) is 31.9 Å². The molecule has 2 aliphatic heterocycles. The third-order valence-electron chi connectivity index (χ3n) is 6.35. The summed E-state index contributed by atoms with van der Waals surface area (Å²) in [6.07, 6.45) is 1.05. The van der Waals surface area contributed by atoms with Crippen LogP contribution in [0.4, 0.5) is 0 Å². The zero-order valence-electron chi connectivity index (χ0n) is 19.5. The fourth-order valence-corrected chi connectivity index (χ4v) is 4.44. The molecule has 3 aromatic rings. The van der Waals surface area contributed by atoms with Crippen LogP contribution in [0.15, 0.2) is 60.7 Å². The molecule has 5 rings (SSSR count). The maximum Gasteiger partial charge on any atom is 0.222 e. The molecule has 2 fully saturated rings. The van der Waals surface area contributed by atoms with Gasteiger partial charge >= 0.3 is 0 Å². The van der Waals surface area contributed by atoms with Crippen LogP contribution in [0.2, 0.25) is 0 Å². The Labute approximate surface area is 200 Å². The summed E-state index contributed by atoms with van der Waals surface area (Å²) in [5.74, 6) is 0.887. The van der Waals surface area contributed by atoms with Crippen molar-refractivity contribution >= 4 is 5.91 Å². The molecular weight excluding hydrogens is 430 g/mol. The molecule has 0 radical (unpaired) electrons. The smallest absolute Gasteiger partial charge is 0.222 e. The lowest BCUT2D eigenvalue weighted by Crippen LogP contribution is -2.41. The number of rotatable bonds is 8. The predicted octanol–water partition coefficient (Wildman–Crippen LogP) is 4.43. The number of imidazole rings is 1. The Morgan fingerprint density at radius 3 is 2.38 bits per heavy atom. The van der Waals surface area contributed by atoms with E-state index >= 15 is 0 Å². The maximum atomic E-state index is 11.7. The molecule has 1 amide bonds.